The predicted octanol–water partition coefficient (Wildman–Crippen LogP) is 3.34. The fourth-order valence-electron chi connectivity index (χ4n) is 4.52. The molecule has 1 aromatic carbocycles. The van der Waals surface area contributed by atoms with Gasteiger partial charge in [-0.3, -0.25) is 4.79 Å². The van der Waals surface area contributed by atoms with Crippen molar-refractivity contribution in [1.29, 1.82) is 0 Å². The van der Waals surface area contributed by atoms with Crippen LogP contribution in [0.25, 0.3) is 11.3 Å². The van der Waals surface area contributed by atoms with Gasteiger partial charge in [0.1, 0.15) is 11.6 Å². The summed E-state index contributed by atoms with van der Waals surface area (Å²) in [7, 11) is 1.69. The second kappa shape index (κ2) is 6.01. The van der Waals surface area contributed by atoms with E-state index in [-0.39, 0.29) is 11.3 Å². The van der Waals surface area contributed by atoms with Gasteiger partial charge in [-0.05, 0) is 37.1 Å². The summed E-state index contributed by atoms with van der Waals surface area (Å²) in [6.45, 7) is 2.33. The number of nitrogens with zero attached hydrogens (tertiary/aromatic N) is 3. The Kier molecular flexibility index (Phi) is 3.60. The molecule has 0 N–H and O–H groups in total. The van der Waals surface area contributed by atoms with Crippen LogP contribution in [-0.4, -0.2) is 40.6 Å². The summed E-state index contributed by atoms with van der Waals surface area (Å²) >= 11 is 0. The number of methoxy groups -OCH3 is 1. The number of para-hydroxylation sites is 1. The molecule has 0 radical (unpaired) electrons. The smallest absolute Gasteiger partial charge is 0.289 e. The molecule has 5 rings (SSSR count). The van der Waals surface area contributed by atoms with Crippen LogP contribution in [0.2, 0.25) is 0 Å². The first kappa shape index (κ1) is 16.2. The molecule has 138 valence electrons. The molecule has 2 aliphatic rings. The maximum absolute atomic E-state index is 12.7. The molecular formula is C21H21N3O3. The third-order valence-corrected chi connectivity index (χ3v) is 5.90. The van der Waals surface area contributed by atoms with E-state index in [1.807, 2.05) is 29.3 Å². The first-order chi connectivity index (χ1) is 13.2. The van der Waals surface area contributed by atoms with Gasteiger partial charge in [0.2, 0.25) is 0 Å². The SMILES string of the molecule is COc1ccccc1-c1cnc2n1CCC21CCN(C(=O)c2ccco2)C1. The molecule has 1 fully saturated rings. The molecule has 0 saturated carbocycles. The lowest BCUT2D eigenvalue weighted by molar-refractivity contribution is 0.0751. The van der Waals surface area contributed by atoms with Gasteiger partial charge in [-0.25, -0.2) is 4.98 Å². The molecule has 0 aliphatic carbocycles. The third kappa shape index (κ3) is 2.40. The maximum Gasteiger partial charge on any atom is 0.289 e. The number of carbonyl (C=O) groups is 1. The summed E-state index contributed by atoms with van der Waals surface area (Å²) in [5.74, 6) is 2.30. The highest BCUT2D eigenvalue weighted by Crippen LogP contribution is 2.45. The number of amides is 1. The number of furan rings is 1. The minimum atomic E-state index is -0.0669. The van der Waals surface area contributed by atoms with Crippen molar-refractivity contribution in [1.82, 2.24) is 14.5 Å². The molecular weight excluding hydrogens is 342 g/mol. The van der Waals surface area contributed by atoms with E-state index in [9.17, 15) is 4.79 Å². The number of ether oxygens (including phenoxy) is 1. The lowest BCUT2D eigenvalue weighted by Gasteiger charge is -2.22. The Morgan fingerprint density at radius 1 is 1.19 bits per heavy atom. The molecule has 1 amide bonds. The molecule has 2 aromatic heterocycles. The van der Waals surface area contributed by atoms with Crippen LogP contribution in [-0.2, 0) is 12.0 Å². The number of rotatable bonds is 3. The Balaban J connectivity index is 1.46. The molecule has 6 nitrogen and oxygen atoms in total. The molecule has 1 unspecified atom stereocenters. The van der Waals surface area contributed by atoms with Crippen LogP contribution >= 0.6 is 0 Å². The van der Waals surface area contributed by atoms with Crippen molar-refractivity contribution in [2.75, 3.05) is 20.2 Å². The van der Waals surface area contributed by atoms with E-state index in [2.05, 4.69) is 10.6 Å². The predicted molar refractivity (Wildman–Crippen MR) is 99.7 cm³/mol. The Bertz CT molecular complexity index is 992. The fourth-order valence-corrected chi connectivity index (χ4v) is 4.52. The zero-order chi connectivity index (χ0) is 18.4. The molecule has 1 atom stereocenters. The summed E-state index contributed by atoms with van der Waals surface area (Å²) in [4.78, 5) is 19.3. The number of imidazole rings is 1. The van der Waals surface area contributed by atoms with E-state index < -0.39 is 0 Å². The second-order valence-corrected chi connectivity index (χ2v) is 7.30. The summed E-state index contributed by atoms with van der Waals surface area (Å²) < 4.78 is 13.1. The molecule has 1 saturated heterocycles. The van der Waals surface area contributed by atoms with Gasteiger partial charge in [0.25, 0.3) is 5.91 Å². The fraction of sp³-hybridized carbons (Fsp3) is 0.333. The van der Waals surface area contributed by atoms with Gasteiger partial charge in [0.15, 0.2) is 5.76 Å². The second-order valence-electron chi connectivity index (χ2n) is 7.30. The van der Waals surface area contributed by atoms with Crippen LogP contribution < -0.4 is 4.74 Å². The quantitative estimate of drug-likeness (QED) is 0.716. The molecule has 1 spiro atoms. The average Bonchev–Trinajstić information content (AvgIpc) is 3.49. The van der Waals surface area contributed by atoms with Crippen LogP contribution in [0.3, 0.4) is 0 Å². The van der Waals surface area contributed by atoms with E-state index in [0.29, 0.717) is 12.3 Å². The monoisotopic (exact) mass is 363 g/mol. The van der Waals surface area contributed by atoms with E-state index >= 15 is 0 Å². The molecule has 4 heterocycles. The topological polar surface area (TPSA) is 60.5 Å². The van der Waals surface area contributed by atoms with Gasteiger partial charge >= 0.3 is 0 Å². The number of hydrogen-bond acceptors (Lipinski definition) is 4. The number of carbonyl (C=O) groups excluding carboxylic acids is 1. The Hall–Kier alpha value is -3.02. The number of fused-ring (bicyclic) bond motifs is 2. The number of likely N-dealkylation sites (tertiary alicyclic amines) is 1. The standard InChI is InChI=1S/C21H21N3O3/c1-26-17-6-3-2-5-15(17)16-13-22-20-21(9-11-24(16)20)8-10-23(14-21)19(25)18-7-4-12-27-18/h2-7,12-13H,8-11,14H2,1H3. The Morgan fingerprint density at radius 2 is 2.04 bits per heavy atom. The first-order valence-electron chi connectivity index (χ1n) is 9.24. The summed E-state index contributed by atoms with van der Waals surface area (Å²) in [6.07, 6.45) is 5.41. The van der Waals surface area contributed by atoms with Gasteiger partial charge in [-0.1, -0.05) is 12.1 Å². The van der Waals surface area contributed by atoms with E-state index in [1.54, 1.807) is 25.5 Å². The van der Waals surface area contributed by atoms with Crippen molar-refractivity contribution < 1.29 is 13.9 Å². The lowest BCUT2D eigenvalue weighted by atomic mass is 9.85. The van der Waals surface area contributed by atoms with Gasteiger partial charge < -0.3 is 18.6 Å². The summed E-state index contributed by atoms with van der Waals surface area (Å²) in [5, 5.41) is 0. The van der Waals surface area contributed by atoms with Gasteiger partial charge in [0.05, 0.1) is 25.3 Å². The van der Waals surface area contributed by atoms with Crippen molar-refractivity contribution in [2.24, 2.45) is 0 Å². The van der Waals surface area contributed by atoms with Crippen LogP contribution in [0.5, 0.6) is 5.75 Å². The van der Waals surface area contributed by atoms with Crippen LogP contribution in [0.4, 0.5) is 0 Å². The minimum Gasteiger partial charge on any atom is -0.496 e. The largest absolute Gasteiger partial charge is 0.496 e. The first-order valence-corrected chi connectivity index (χ1v) is 9.24. The molecule has 0 bridgehead atoms. The Labute approximate surface area is 157 Å². The van der Waals surface area contributed by atoms with Crippen molar-refractivity contribution in [3.63, 3.8) is 0 Å². The van der Waals surface area contributed by atoms with Crippen molar-refractivity contribution >= 4 is 5.91 Å². The number of aromatic nitrogens is 2. The normalized spacial score (nSPS) is 21.0. The molecule has 27 heavy (non-hydrogen) atoms. The van der Waals surface area contributed by atoms with Crippen molar-refractivity contribution in [2.45, 2.75) is 24.8 Å². The summed E-state index contributed by atoms with van der Waals surface area (Å²) in [6, 6.07) is 11.5. The molecule has 2 aliphatic heterocycles. The van der Waals surface area contributed by atoms with Gasteiger partial charge in [-0.15, -0.1) is 0 Å². The highest BCUT2D eigenvalue weighted by atomic mass is 16.5. The average molecular weight is 363 g/mol. The molecule has 3 aromatic rings. The van der Waals surface area contributed by atoms with Crippen molar-refractivity contribution in [3.8, 4) is 17.0 Å². The zero-order valence-corrected chi connectivity index (χ0v) is 15.2. The van der Waals surface area contributed by atoms with E-state index in [1.165, 1.54) is 0 Å². The number of hydrogen-bond donors (Lipinski definition) is 0. The highest BCUT2D eigenvalue weighted by Gasteiger charge is 2.48. The number of benzene rings is 1. The Morgan fingerprint density at radius 3 is 2.85 bits per heavy atom. The third-order valence-electron chi connectivity index (χ3n) is 5.90. The van der Waals surface area contributed by atoms with Gasteiger partial charge in [-0.2, -0.15) is 0 Å². The van der Waals surface area contributed by atoms with Crippen molar-refractivity contribution in [3.05, 3.63) is 60.4 Å². The van der Waals surface area contributed by atoms with Crippen LogP contribution in [0.15, 0.2) is 53.3 Å². The maximum atomic E-state index is 12.7. The van der Waals surface area contributed by atoms with Gasteiger partial charge in [0, 0.05) is 30.6 Å². The van der Waals surface area contributed by atoms with E-state index in [0.717, 1.165) is 48.8 Å². The van der Waals surface area contributed by atoms with Crippen LogP contribution in [0.1, 0.15) is 29.2 Å². The molecule has 6 heteroatoms. The van der Waals surface area contributed by atoms with Crippen LogP contribution in [0, 0.1) is 0 Å². The lowest BCUT2D eigenvalue weighted by Crippen LogP contribution is -2.33. The highest BCUT2D eigenvalue weighted by molar-refractivity contribution is 5.91. The minimum absolute atomic E-state index is 0.0353. The zero-order valence-electron chi connectivity index (χ0n) is 15.2. The summed E-state index contributed by atoms with van der Waals surface area (Å²) in [5.41, 5.74) is 2.06. The van der Waals surface area contributed by atoms with E-state index in [4.69, 9.17) is 14.1 Å².